The van der Waals surface area contributed by atoms with Gasteiger partial charge < -0.3 is 16.8 Å². The van der Waals surface area contributed by atoms with Gasteiger partial charge in [-0.25, -0.2) is 0 Å². The number of oxime groups is 2. The molecule has 3 heterocycles. The predicted molar refractivity (Wildman–Crippen MR) is 69.0 cm³/mol. The number of nitrogens with two attached hydrogens (primary N) is 2. The molecule has 0 atom stereocenters. The van der Waals surface area contributed by atoms with Crippen LogP contribution in [0.5, 0.6) is 0 Å². The molecule has 20 heavy (non-hydrogen) atoms. The Labute approximate surface area is 114 Å². The highest BCUT2D eigenvalue weighted by atomic mass is 16.8. The highest BCUT2D eigenvalue weighted by Crippen LogP contribution is 2.18. The van der Waals surface area contributed by atoms with Crippen molar-refractivity contribution in [1.29, 1.82) is 0 Å². The lowest BCUT2D eigenvalue weighted by molar-refractivity contribution is 0.0881. The Morgan fingerprint density at radius 3 is 2.30 bits per heavy atom. The maximum Gasteiger partial charge on any atom is 0.196 e. The second-order valence-electron chi connectivity index (χ2n) is 4.20. The Morgan fingerprint density at radius 1 is 1.10 bits per heavy atom. The van der Waals surface area contributed by atoms with Crippen molar-refractivity contribution in [2.24, 2.45) is 21.8 Å². The largest absolute Gasteiger partial charge is 0.379 e. The van der Waals surface area contributed by atoms with Crippen LogP contribution in [0.2, 0.25) is 0 Å². The molecule has 108 valence electrons. The molecule has 11 heteroatoms. The van der Waals surface area contributed by atoms with E-state index < -0.39 is 0 Å². The molecule has 0 radical (unpaired) electrons. The lowest BCUT2D eigenvalue weighted by Crippen LogP contribution is -2.34. The zero-order valence-electron chi connectivity index (χ0n) is 10.7. The summed E-state index contributed by atoms with van der Waals surface area (Å²) < 4.78 is 0. The third-order valence-electron chi connectivity index (χ3n) is 2.79. The average molecular weight is 281 g/mol. The Balaban J connectivity index is 1.95. The SMILES string of the molecule is CCCN1NC(=C2NON=C2N)NC1=C1NON=C1N. The first-order valence-electron chi connectivity index (χ1n) is 6.02. The van der Waals surface area contributed by atoms with E-state index >= 15 is 0 Å². The minimum atomic E-state index is 0.236. The fraction of sp³-hybridized carbons (Fsp3) is 0.333. The summed E-state index contributed by atoms with van der Waals surface area (Å²) in [5.74, 6) is 1.76. The molecule has 0 spiro atoms. The maximum atomic E-state index is 5.75. The van der Waals surface area contributed by atoms with Gasteiger partial charge in [-0.1, -0.05) is 6.92 Å². The zero-order chi connectivity index (χ0) is 14.1. The van der Waals surface area contributed by atoms with Gasteiger partial charge in [-0.3, -0.25) is 20.3 Å². The smallest absolute Gasteiger partial charge is 0.196 e. The molecule has 1 fully saturated rings. The molecule has 0 unspecified atom stereocenters. The van der Waals surface area contributed by atoms with Gasteiger partial charge in [0.05, 0.1) is 0 Å². The third kappa shape index (κ3) is 1.84. The molecule has 11 nitrogen and oxygen atoms in total. The van der Waals surface area contributed by atoms with E-state index in [1.54, 1.807) is 0 Å². The second kappa shape index (κ2) is 4.60. The number of hydrogen-bond acceptors (Lipinski definition) is 11. The van der Waals surface area contributed by atoms with E-state index in [9.17, 15) is 0 Å². The summed E-state index contributed by atoms with van der Waals surface area (Å²) >= 11 is 0. The number of hydrogen-bond donors (Lipinski definition) is 6. The van der Waals surface area contributed by atoms with Crippen molar-refractivity contribution < 1.29 is 9.88 Å². The number of hydrazine groups is 1. The summed E-state index contributed by atoms with van der Waals surface area (Å²) in [6.45, 7) is 2.79. The van der Waals surface area contributed by atoms with Crippen molar-refractivity contribution in [2.45, 2.75) is 13.3 Å². The van der Waals surface area contributed by atoms with Crippen LogP contribution in [-0.4, -0.2) is 23.2 Å². The van der Waals surface area contributed by atoms with Crippen LogP contribution in [0.3, 0.4) is 0 Å². The number of amidine groups is 2. The molecule has 3 rings (SSSR count). The van der Waals surface area contributed by atoms with Gasteiger partial charge in [-0.2, -0.15) is 11.0 Å². The lowest BCUT2D eigenvalue weighted by Gasteiger charge is -2.18. The van der Waals surface area contributed by atoms with Gasteiger partial charge in [0, 0.05) is 6.54 Å². The summed E-state index contributed by atoms with van der Waals surface area (Å²) in [4.78, 5) is 9.46. The van der Waals surface area contributed by atoms with Crippen molar-refractivity contribution in [3.63, 3.8) is 0 Å². The number of nitrogens with zero attached hydrogens (tertiary/aromatic N) is 3. The highest BCUT2D eigenvalue weighted by Gasteiger charge is 2.31. The predicted octanol–water partition coefficient (Wildman–Crippen LogP) is -2.24. The van der Waals surface area contributed by atoms with E-state index in [0.29, 0.717) is 23.0 Å². The lowest BCUT2D eigenvalue weighted by atomic mass is 10.3. The Hall–Kier alpha value is -2.98. The molecular formula is C9H15N9O2. The Morgan fingerprint density at radius 2 is 1.75 bits per heavy atom. The van der Waals surface area contributed by atoms with Gasteiger partial charge in [0.2, 0.25) is 0 Å². The summed E-state index contributed by atoms with van der Waals surface area (Å²) in [5, 5.41) is 12.2. The number of nitrogens with one attached hydrogen (secondary N) is 4. The van der Waals surface area contributed by atoms with Crippen LogP contribution in [0.15, 0.2) is 33.3 Å². The monoisotopic (exact) mass is 281 g/mol. The number of rotatable bonds is 2. The van der Waals surface area contributed by atoms with Gasteiger partial charge in [0.15, 0.2) is 34.7 Å². The first-order valence-corrected chi connectivity index (χ1v) is 6.02. The van der Waals surface area contributed by atoms with E-state index in [0.717, 1.165) is 13.0 Å². The molecule has 0 saturated carbocycles. The summed E-state index contributed by atoms with van der Waals surface area (Å²) in [7, 11) is 0. The molecular weight excluding hydrogens is 266 g/mol. The minimum Gasteiger partial charge on any atom is -0.379 e. The summed E-state index contributed by atoms with van der Waals surface area (Å²) in [5.41, 5.74) is 20.9. The van der Waals surface area contributed by atoms with Crippen molar-refractivity contribution in [3.05, 3.63) is 23.0 Å². The normalized spacial score (nSPS) is 27.8. The average Bonchev–Trinajstić information content (AvgIpc) is 3.10. The summed E-state index contributed by atoms with van der Waals surface area (Å²) in [6.07, 6.45) is 0.916. The van der Waals surface area contributed by atoms with Crippen LogP contribution < -0.4 is 33.2 Å². The van der Waals surface area contributed by atoms with Gasteiger partial charge in [0.25, 0.3) is 0 Å². The van der Waals surface area contributed by atoms with Crippen LogP contribution in [0.25, 0.3) is 0 Å². The van der Waals surface area contributed by atoms with Crippen LogP contribution in [0.4, 0.5) is 0 Å². The fourth-order valence-corrected chi connectivity index (χ4v) is 1.89. The van der Waals surface area contributed by atoms with Gasteiger partial charge >= 0.3 is 0 Å². The van der Waals surface area contributed by atoms with E-state index in [4.69, 9.17) is 21.3 Å². The van der Waals surface area contributed by atoms with Crippen LogP contribution >= 0.6 is 0 Å². The Kier molecular flexibility index (Phi) is 2.78. The van der Waals surface area contributed by atoms with E-state index in [1.165, 1.54) is 0 Å². The van der Waals surface area contributed by atoms with Crippen molar-refractivity contribution >= 4 is 11.7 Å². The molecule has 0 aromatic carbocycles. The van der Waals surface area contributed by atoms with Crippen molar-refractivity contribution in [1.82, 2.24) is 26.7 Å². The topological polar surface area (TPSA) is 147 Å². The van der Waals surface area contributed by atoms with Gasteiger partial charge in [-0.15, -0.1) is 0 Å². The first kappa shape index (κ1) is 12.1. The van der Waals surface area contributed by atoms with E-state index in [1.807, 2.05) is 5.01 Å². The zero-order valence-corrected chi connectivity index (χ0v) is 10.7. The molecule has 3 aliphatic rings. The van der Waals surface area contributed by atoms with E-state index in [2.05, 4.69) is 38.9 Å². The molecule has 0 aromatic rings. The molecule has 1 saturated heterocycles. The quantitative estimate of drug-likeness (QED) is 0.330. The van der Waals surface area contributed by atoms with Crippen LogP contribution in [0.1, 0.15) is 13.3 Å². The highest BCUT2D eigenvalue weighted by molar-refractivity contribution is 5.98. The standard InChI is InChI=1S/C9H15N9O2/c1-2-3-18-9(5-7(11)17-20-15-5)12-8(13-18)4-6(10)16-19-14-4/h12-15H,2-3H2,1H3,(H2,10,16)(H2,11,17). The fourth-order valence-electron chi connectivity index (χ4n) is 1.89. The van der Waals surface area contributed by atoms with Crippen molar-refractivity contribution in [2.75, 3.05) is 6.54 Å². The Bertz CT molecular complexity index is 550. The first-order chi connectivity index (χ1) is 9.70. The molecule has 0 bridgehead atoms. The molecule has 8 N–H and O–H groups in total. The van der Waals surface area contributed by atoms with Gasteiger partial charge in [-0.05, 0) is 16.7 Å². The molecule has 0 amide bonds. The number of hydroxylamine groups is 2. The molecule has 0 aliphatic carbocycles. The summed E-state index contributed by atoms with van der Waals surface area (Å²) in [6, 6.07) is 0. The van der Waals surface area contributed by atoms with Crippen LogP contribution in [-0.2, 0) is 9.88 Å². The van der Waals surface area contributed by atoms with E-state index in [-0.39, 0.29) is 11.7 Å². The maximum absolute atomic E-state index is 5.75. The third-order valence-corrected chi connectivity index (χ3v) is 2.79. The minimum absolute atomic E-state index is 0.236. The molecule has 3 aliphatic heterocycles. The van der Waals surface area contributed by atoms with Gasteiger partial charge in [0.1, 0.15) is 0 Å². The molecule has 0 aromatic heterocycles. The second-order valence-corrected chi connectivity index (χ2v) is 4.20. The van der Waals surface area contributed by atoms with Crippen molar-refractivity contribution in [3.8, 4) is 0 Å². The van der Waals surface area contributed by atoms with Crippen LogP contribution in [0, 0.1) is 0 Å².